The van der Waals surface area contributed by atoms with Crippen molar-refractivity contribution < 1.29 is 4.74 Å². The molecule has 1 saturated heterocycles. The normalized spacial score (nSPS) is 18.8. The van der Waals surface area contributed by atoms with Crippen molar-refractivity contribution in [1.29, 1.82) is 0 Å². The first-order chi connectivity index (χ1) is 9.25. The van der Waals surface area contributed by atoms with Crippen LogP contribution in [0.5, 0.6) is 0 Å². The van der Waals surface area contributed by atoms with Crippen molar-refractivity contribution in [3.63, 3.8) is 0 Å². The third kappa shape index (κ3) is 2.39. The Morgan fingerprint density at radius 2 is 2.11 bits per heavy atom. The molecule has 1 fully saturated rings. The number of morpholine rings is 1. The van der Waals surface area contributed by atoms with Gasteiger partial charge in [0.05, 0.1) is 19.3 Å². The highest BCUT2D eigenvalue weighted by molar-refractivity contribution is 5.64. The van der Waals surface area contributed by atoms with Gasteiger partial charge >= 0.3 is 5.69 Å². The van der Waals surface area contributed by atoms with E-state index in [0.29, 0.717) is 11.3 Å². The highest BCUT2D eigenvalue weighted by Crippen LogP contribution is 2.12. The number of imidazole rings is 1. The summed E-state index contributed by atoms with van der Waals surface area (Å²) in [4.78, 5) is 25.4. The van der Waals surface area contributed by atoms with Crippen molar-refractivity contribution in [2.45, 2.75) is 13.0 Å². The van der Waals surface area contributed by atoms with E-state index in [-0.39, 0.29) is 11.7 Å². The van der Waals surface area contributed by atoms with Crippen LogP contribution in [-0.2, 0) is 4.74 Å². The Morgan fingerprint density at radius 1 is 1.37 bits per heavy atom. The first kappa shape index (κ1) is 12.3. The number of hydrogen-bond donors (Lipinski definition) is 1. The minimum absolute atomic E-state index is 0.0519. The van der Waals surface area contributed by atoms with Crippen molar-refractivity contribution >= 4 is 11.3 Å². The van der Waals surface area contributed by atoms with E-state index in [1.807, 2.05) is 6.92 Å². The van der Waals surface area contributed by atoms with Crippen molar-refractivity contribution in [2.75, 3.05) is 32.8 Å². The molecule has 0 aromatic carbocycles. The topological polar surface area (TPSA) is 76.0 Å². The Kier molecular flexibility index (Phi) is 3.31. The largest absolute Gasteiger partial charge is 0.379 e. The maximum Gasteiger partial charge on any atom is 0.329 e. The van der Waals surface area contributed by atoms with E-state index in [9.17, 15) is 4.79 Å². The number of hydrogen-bond acceptors (Lipinski definition) is 5. The van der Waals surface area contributed by atoms with Crippen LogP contribution in [-0.4, -0.2) is 57.3 Å². The van der Waals surface area contributed by atoms with Gasteiger partial charge in [0.1, 0.15) is 0 Å². The maximum absolute atomic E-state index is 12.0. The monoisotopic (exact) mass is 263 g/mol. The third-order valence-electron chi connectivity index (χ3n) is 3.42. The quantitative estimate of drug-likeness (QED) is 0.844. The second kappa shape index (κ2) is 5.10. The van der Waals surface area contributed by atoms with E-state index in [1.165, 1.54) is 0 Å². The van der Waals surface area contributed by atoms with Crippen molar-refractivity contribution in [1.82, 2.24) is 24.4 Å². The van der Waals surface area contributed by atoms with Crippen LogP contribution in [0.25, 0.3) is 11.3 Å². The zero-order valence-corrected chi connectivity index (χ0v) is 10.9. The molecule has 1 N–H and O–H groups in total. The standard InChI is InChI=1S/C12H17N5O2/c1-9(8-16-4-6-19-7-5-16)17-11-10(15-12(17)18)13-2-3-14-11/h2-3,9H,4-8H2,1H3,(H,13,15,18). The summed E-state index contributed by atoms with van der Waals surface area (Å²) < 4.78 is 7.01. The molecule has 0 bridgehead atoms. The lowest BCUT2D eigenvalue weighted by Gasteiger charge is -2.29. The van der Waals surface area contributed by atoms with Gasteiger partial charge in [0.2, 0.25) is 0 Å². The van der Waals surface area contributed by atoms with E-state index in [0.717, 1.165) is 32.8 Å². The van der Waals surface area contributed by atoms with Crippen LogP contribution >= 0.6 is 0 Å². The predicted octanol–water partition coefficient (Wildman–Crippen LogP) is 0.0128. The Bertz CT molecular complexity index is 614. The maximum atomic E-state index is 12.0. The second-order valence-electron chi connectivity index (χ2n) is 4.79. The molecule has 1 atom stereocenters. The lowest BCUT2D eigenvalue weighted by Crippen LogP contribution is -2.40. The van der Waals surface area contributed by atoms with Gasteiger partial charge in [-0.1, -0.05) is 0 Å². The van der Waals surface area contributed by atoms with Crippen LogP contribution in [0.15, 0.2) is 17.2 Å². The summed E-state index contributed by atoms with van der Waals surface area (Å²) in [5.74, 6) is 0. The van der Waals surface area contributed by atoms with Crippen LogP contribution in [0, 0.1) is 0 Å². The highest BCUT2D eigenvalue weighted by Gasteiger charge is 2.19. The summed E-state index contributed by atoms with van der Waals surface area (Å²) in [6, 6.07) is 0.0519. The average molecular weight is 263 g/mol. The van der Waals surface area contributed by atoms with Gasteiger partial charge in [-0.05, 0) is 6.92 Å². The summed E-state index contributed by atoms with van der Waals surface area (Å²) in [5.41, 5.74) is 1.01. The predicted molar refractivity (Wildman–Crippen MR) is 70.1 cm³/mol. The Balaban J connectivity index is 1.86. The van der Waals surface area contributed by atoms with E-state index in [2.05, 4.69) is 19.9 Å². The Hall–Kier alpha value is -1.73. The molecule has 0 saturated carbocycles. The van der Waals surface area contributed by atoms with Gasteiger partial charge in [-0.3, -0.25) is 14.5 Å². The molecule has 0 spiro atoms. The number of ether oxygens (including phenoxy) is 1. The molecule has 0 radical (unpaired) electrons. The average Bonchev–Trinajstić information content (AvgIpc) is 2.75. The van der Waals surface area contributed by atoms with Crippen LogP contribution in [0.4, 0.5) is 0 Å². The zero-order chi connectivity index (χ0) is 13.2. The fraction of sp³-hybridized carbons (Fsp3) is 0.583. The molecule has 7 heteroatoms. The molecule has 1 unspecified atom stereocenters. The number of rotatable bonds is 3. The SMILES string of the molecule is CC(CN1CCOCC1)n1c(=O)[nH]c2nccnc21. The smallest absolute Gasteiger partial charge is 0.329 e. The van der Waals surface area contributed by atoms with Crippen molar-refractivity contribution in [3.8, 4) is 0 Å². The molecule has 7 nitrogen and oxygen atoms in total. The number of H-pyrrole nitrogens is 1. The molecule has 3 rings (SSSR count). The lowest BCUT2D eigenvalue weighted by molar-refractivity contribution is 0.0326. The van der Waals surface area contributed by atoms with E-state index < -0.39 is 0 Å². The number of nitrogens with one attached hydrogen (secondary N) is 1. The number of aromatic nitrogens is 4. The summed E-state index contributed by atoms with van der Waals surface area (Å²) in [6.45, 7) is 6.18. The highest BCUT2D eigenvalue weighted by atomic mass is 16.5. The van der Waals surface area contributed by atoms with Crippen LogP contribution in [0.1, 0.15) is 13.0 Å². The molecule has 0 amide bonds. The molecule has 1 aliphatic heterocycles. The van der Waals surface area contributed by atoms with Gasteiger partial charge in [-0.15, -0.1) is 0 Å². The minimum Gasteiger partial charge on any atom is -0.379 e. The molecule has 0 aliphatic carbocycles. The molecule has 102 valence electrons. The first-order valence-corrected chi connectivity index (χ1v) is 6.47. The Labute approximate surface area is 110 Å². The van der Waals surface area contributed by atoms with E-state index >= 15 is 0 Å². The molecule has 3 heterocycles. The summed E-state index contributed by atoms with van der Waals surface area (Å²) in [5, 5.41) is 0. The molecule has 19 heavy (non-hydrogen) atoms. The summed E-state index contributed by atoms with van der Waals surface area (Å²) >= 11 is 0. The fourth-order valence-corrected chi connectivity index (χ4v) is 2.50. The second-order valence-corrected chi connectivity index (χ2v) is 4.79. The van der Waals surface area contributed by atoms with Gasteiger partial charge in [-0.2, -0.15) is 0 Å². The number of fused-ring (bicyclic) bond motifs is 1. The van der Waals surface area contributed by atoms with Crippen LogP contribution < -0.4 is 5.69 Å². The van der Waals surface area contributed by atoms with E-state index in [4.69, 9.17) is 4.74 Å². The van der Waals surface area contributed by atoms with Gasteiger partial charge in [0.15, 0.2) is 11.3 Å². The summed E-state index contributed by atoms with van der Waals surface area (Å²) in [6.07, 6.45) is 3.18. The number of aromatic amines is 1. The molecule has 1 aliphatic rings. The van der Waals surface area contributed by atoms with Gasteiger partial charge in [-0.25, -0.2) is 14.8 Å². The van der Waals surface area contributed by atoms with Gasteiger partial charge in [0.25, 0.3) is 0 Å². The van der Waals surface area contributed by atoms with Crippen molar-refractivity contribution in [2.24, 2.45) is 0 Å². The van der Waals surface area contributed by atoms with Gasteiger partial charge in [0, 0.05) is 32.0 Å². The Morgan fingerprint density at radius 3 is 2.89 bits per heavy atom. The minimum atomic E-state index is -0.151. The lowest BCUT2D eigenvalue weighted by atomic mass is 10.3. The molecule has 2 aromatic heterocycles. The zero-order valence-electron chi connectivity index (χ0n) is 10.9. The number of nitrogens with zero attached hydrogens (tertiary/aromatic N) is 4. The van der Waals surface area contributed by atoms with Crippen LogP contribution in [0.2, 0.25) is 0 Å². The summed E-state index contributed by atoms with van der Waals surface area (Å²) in [7, 11) is 0. The molecule has 2 aromatic rings. The van der Waals surface area contributed by atoms with Gasteiger partial charge < -0.3 is 4.74 Å². The molecular weight excluding hydrogens is 246 g/mol. The molecular formula is C12H17N5O2. The van der Waals surface area contributed by atoms with Crippen LogP contribution in [0.3, 0.4) is 0 Å². The van der Waals surface area contributed by atoms with E-state index in [1.54, 1.807) is 17.0 Å². The third-order valence-corrected chi connectivity index (χ3v) is 3.42. The first-order valence-electron chi connectivity index (χ1n) is 6.47. The van der Waals surface area contributed by atoms with Crippen molar-refractivity contribution in [3.05, 3.63) is 22.9 Å². The fourth-order valence-electron chi connectivity index (χ4n) is 2.50.